The van der Waals surface area contributed by atoms with Crippen molar-refractivity contribution in [2.45, 2.75) is 25.5 Å². The number of nitriles is 1. The molecule has 146 valence electrons. The number of amides is 2. The fraction of sp³-hybridized carbons (Fsp3) is 0.350. The Kier molecular flexibility index (Phi) is 6.17. The minimum atomic E-state index is -0.349. The van der Waals surface area contributed by atoms with Gasteiger partial charge in [0.05, 0.1) is 12.7 Å². The van der Waals surface area contributed by atoms with E-state index in [1.807, 2.05) is 0 Å². The number of ether oxygens (including phenoxy) is 2. The molecular formula is C20H21N3O5. The largest absolute Gasteiger partial charge is 0.484 e. The van der Waals surface area contributed by atoms with Crippen molar-refractivity contribution in [1.82, 2.24) is 10.2 Å². The number of benzene rings is 1. The van der Waals surface area contributed by atoms with Crippen molar-refractivity contribution in [1.29, 1.82) is 5.26 Å². The standard InChI is InChI=1S/C20H21N3O5/c1-26-20(25)23-10-8-15(9-11-23)22-19(24)18-7-6-16(28-18)13-27-17-5-3-2-4-14(17)12-21/h2-7,15H,8-11,13H2,1H3,(H,22,24). The van der Waals surface area contributed by atoms with E-state index in [-0.39, 0.29) is 30.4 Å². The molecule has 1 aliphatic heterocycles. The van der Waals surface area contributed by atoms with E-state index in [9.17, 15) is 9.59 Å². The van der Waals surface area contributed by atoms with E-state index < -0.39 is 0 Å². The van der Waals surface area contributed by atoms with E-state index in [0.29, 0.717) is 43.0 Å². The fourth-order valence-corrected chi connectivity index (χ4v) is 3.00. The molecule has 1 aromatic carbocycles. The Bertz CT molecular complexity index is 878. The van der Waals surface area contributed by atoms with Crippen molar-refractivity contribution in [2.24, 2.45) is 0 Å². The first-order valence-corrected chi connectivity index (χ1v) is 8.95. The summed E-state index contributed by atoms with van der Waals surface area (Å²) in [5.41, 5.74) is 0.435. The molecule has 2 aromatic rings. The summed E-state index contributed by atoms with van der Waals surface area (Å²) >= 11 is 0. The van der Waals surface area contributed by atoms with Crippen LogP contribution >= 0.6 is 0 Å². The van der Waals surface area contributed by atoms with Crippen molar-refractivity contribution in [3.8, 4) is 11.8 Å². The Hall–Kier alpha value is -3.47. The normalized spacial score (nSPS) is 14.2. The maximum atomic E-state index is 12.4. The van der Waals surface area contributed by atoms with Gasteiger partial charge in [0.2, 0.25) is 0 Å². The van der Waals surface area contributed by atoms with Gasteiger partial charge >= 0.3 is 6.09 Å². The molecule has 1 aromatic heterocycles. The third-order valence-corrected chi connectivity index (χ3v) is 4.53. The molecular weight excluding hydrogens is 362 g/mol. The highest BCUT2D eigenvalue weighted by Gasteiger charge is 2.25. The Morgan fingerprint density at radius 1 is 1.25 bits per heavy atom. The molecule has 1 aliphatic rings. The molecule has 0 atom stereocenters. The van der Waals surface area contributed by atoms with Crippen molar-refractivity contribution in [3.05, 3.63) is 53.5 Å². The zero-order chi connectivity index (χ0) is 19.9. The van der Waals surface area contributed by atoms with Gasteiger partial charge in [0.25, 0.3) is 5.91 Å². The van der Waals surface area contributed by atoms with Crippen LogP contribution in [0.4, 0.5) is 4.79 Å². The summed E-state index contributed by atoms with van der Waals surface area (Å²) in [6.45, 7) is 1.18. The predicted molar refractivity (Wildman–Crippen MR) is 98.7 cm³/mol. The molecule has 0 aliphatic carbocycles. The van der Waals surface area contributed by atoms with Gasteiger partial charge < -0.3 is 24.1 Å². The Labute approximate surface area is 162 Å². The summed E-state index contributed by atoms with van der Waals surface area (Å²) in [4.78, 5) is 25.5. The molecule has 28 heavy (non-hydrogen) atoms. The maximum absolute atomic E-state index is 12.4. The number of likely N-dealkylation sites (tertiary alicyclic amines) is 1. The van der Waals surface area contributed by atoms with E-state index >= 15 is 0 Å². The summed E-state index contributed by atoms with van der Waals surface area (Å²) < 4.78 is 15.9. The van der Waals surface area contributed by atoms with Gasteiger partial charge in [0.1, 0.15) is 24.2 Å². The Balaban J connectivity index is 1.50. The van der Waals surface area contributed by atoms with Gasteiger partial charge in [-0.3, -0.25) is 4.79 Å². The van der Waals surface area contributed by atoms with E-state index in [4.69, 9.17) is 19.2 Å². The molecule has 8 heteroatoms. The van der Waals surface area contributed by atoms with Crippen LogP contribution in [-0.2, 0) is 11.3 Å². The minimum absolute atomic E-state index is 0.0271. The molecule has 0 bridgehead atoms. The number of piperidine rings is 1. The van der Waals surface area contributed by atoms with Crippen LogP contribution in [0.1, 0.15) is 34.7 Å². The molecule has 0 unspecified atom stereocenters. The first-order valence-electron chi connectivity index (χ1n) is 8.95. The molecule has 0 saturated carbocycles. The summed E-state index contributed by atoms with van der Waals surface area (Å²) in [5.74, 6) is 0.839. The van der Waals surface area contributed by atoms with Crippen LogP contribution in [0.2, 0.25) is 0 Å². The van der Waals surface area contributed by atoms with E-state index in [1.54, 1.807) is 41.3 Å². The molecule has 2 heterocycles. The summed E-state index contributed by atoms with van der Waals surface area (Å²) in [7, 11) is 1.35. The third-order valence-electron chi connectivity index (χ3n) is 4.53. The first kappa shape index (κ1) is 19.3. The summed E-state index contributed by atoms with van der Waals surface area (Å²) in [6.07, 6.45) is 0.962. The SMILES string of the molecule is COC(=O)N1CCC(NC(=O)c2ccc(COc3ccccc3C#N)o2)CC1. The average Bonchev–Trinajstić information content (AvgIpc) is 3.21. The minimum Gasteiger partial charge on any atom is -0.484 e. The van der Waals surface area contributed by atoms with Crippen molar-refractivity contribution in [2.75, 3.05) is 20.2 Å². The highest BCUT2D eigenvalue weighted by Crippen LogP contribution is 2.19. The third kappa shape index (κ3) is 4.62. The number of hydrogen-bond acceptors (Lipinski definition) is 6. The topological polar surface area (TPSA) is 105 Å². The molecule has 2 amide bonds. The van der Waals surface area contributed by atoms with E-state index in [0.717, 1.165) is 0 Å². The first-order chi connectivity index (χ1) is 13.6. The predicted octanol–water partition coefficient (Wildman–Crippen LogP) is 2.69. The van der Waals surface area contributed by atoms with Gasteiger partial charge in [-0.05, 0) is 37.1 Å². The van der Waals surface area contributed by atoms with Crippen LogP contribution < -0.4 is 10.1 Å². The smallest absolute Gasteiger partial charge is 0.409 e. The second-order valence-corrected chi connectivity index (χ2v) is 6.37. The lowest BCUT2D eigenvalue weighted by atomic mass is 10.1. The van der Waals surface area contributed by atoms with Crippen LogP contribution in [0.3, 0.4) is 0 Å². The quantitative estimate of drug-likeness (QED) is 0.851. The van der Waals surface area contributed by atoms with Crippen LogP contribution in [0.15, 0.2) is 40.8 Å². The van der Waals surface area contributed by atoms with Gasteiger partial charge in [-0.1, -0.05) is 12.1 Å². The number of carbonyl (C=O) groups is 2. The zero-order valence-electron chi connectivity index (χ0n) is 15.5. The highest BCUT2D eigenvalue weighted by atomic mass is 16.5. The van der Waals surface area contributed by atoms with Crippen LogP contribution in [-0.4, -0.2) is 43.1 Å². The van der Waals surface area contributed by atoms with Crippen LogP contribution in [0, 0.1) is 11.3 Å². The van der Waals surface area contributed by atoms with Crippen LogP contribution in [0.25, 0.3) is 0 Å². The molecule has 1 N–H and O–H groups in total. The molecule has 0 spiro atoms. The molecule has 3 rings (SSSR count). The van der Waals surface area contributed by atoms with Crippen molar-refractivity contribution < 1.29 is 23.5 Å². The molecule has 1 fully saturated rings. The molecule has 1 saturated heterocycles. The number of furan rings is 1. The number of para-hydroxylation sites is 1. The summed E-state index contributed by atoms with van der Waals surface area (Å²) in [6, 6.07) is 12.2. The number of rotatable bonds is 5. The van der Waals surface area contributed by atoms with Gasteiger partial charge in [-0.2, -0.15) is 5.26 Å². The number of hydrogen-bond donors (Lipinski definition) is 1. The number of methoxy groups -OCH3 is 1. The number of carbonyl (C=O) groups excluding carboxylic acids is 2. The summed E-state index contributed by atoms with van der Waals surface area (Å²) in [5, 5.41) is 12.0. The Morgan fingerprint density at radius 3 is 2.71 bits per heavy atom. The number of nitrogens with one attached hydrogen (secondary N) is 1. The lowest BCUT2D eigenvalue weighted by molar-refractivity contribution is 0.0863. The second-order valence-electron chi connectivity index (χ2n) is 6.37. The van der Waals surface area contributed by atoms with E-state index in [2.05, 4.69) is 11.4 Å². The van der Waals surface area contributed by atoms with Crippen LogP contribution in [0.5, 0.6) is 5.75 Å². The van der Waals surface area contributed by atoms with Gasteiger partial charge in [-0.15, -0.1) is 0 Å². The maximum Gasteiger partial charge on any atom is 0.409 e. The average molecular weight is 383 g/mol. The lowest BCUT2D eigenvalue weighted by Gasteiger charge is -2.31. The second kappa shape index (κ2) is 8.95. The van der Waals surface area contributed by atoms with Crippen molar-refractivity contribution >= 4 is 12.0 Å². The molecule has 0 radical (unpaired) electrons. The zero-order valence-corrected chi connectivity index (χ0v) is 15.5. The van der Waals surface area contributed by atoms with Gasteiger partial charge in [0, 0.05) is 19.1 Å². The fourth-order valence-electron chi connectivity index (χ4n) is 3.00. The molecule has 8 nitrogen and oxygen atoms in total. The van der Waals surface area contributed by atoms with Gasteiger partial charge in [0.15, 0.2) is 5.76 Å². The number of nitrogens with zero attached hydrogens (tertiary/aromatic N) is 2. The Morgan fingerprint density at radius 2 is 2.00 bits per heavy atom. The monoisotopic (exact) mass is 383 g/mol. The van der Waals surface area contributed by atoms with Gasteiger partial charge in [-0.25, -0.2) is 4.79 Å². The lowest BCUT2D eigenvalue weighted by Crippen LogP contribution is -2.46. The van der Waals surface area contributed by atoms with Crippen molar-refractivity contribution in [3.63, 3.8) is 0 Å². The van der Waals surface area contributed by atoms with E-state index in [1.165, 1.54) is 7.11 Å². The highest BCUT2D eigenvalue weighted by molar-refractivity contribution is 5.91.